The number of ether oxygens (including phenoxy) is 2. The lowest BCUT2D eigenvalue weighted by atomic mass is 10.0. The van der Waals surface area contributed by atoms with Gasteiger partial charge >= 0.3 is 5.97 Å². The predicted octanol–water partition coefficient (Wildman–Crippen LogP) is 4.49. The second-order valence-electron chi connectivity index (χ2n) is 7.76. The van der Waals surface area contributed by atoms with Crippen LogP contribution >= 0.6 is 0 Å². The SMILES string of the molecule is COC(=O)C1CCCCN1Cc1ccc(OCCc2coc(-c3ccccc3)n2)cc1. The van der Waals surface area contributed by atoms with Crippen LogP contribution in [0.2, 0.25) is 0 Å². The number of carbonyl (C=O) groups excluding carboxylic acids is 1. The van der Waals surface area contributed by atoms with E-state index in [1.165, 1.54) is 7.11 Å². The zero-order valence-electron chi connectivity index (χ0n) is 17.8. The van der Waals surface area contributed by atoms with Gasteiger partial charge in [-0.25, -0.2) is 4.98 Å². The summed E-state index contributed by atoms with van der Waals surface area (Å²) in [6.45, 7) is 2.18. The number of oxazole rings is 1. The van der Waals surface area contributed by atoms with E-state index in [0.717, 1.165) is 54.9 Å². The summed E-state index contributed by atoms with van der Waals surface area (Å²) in [7, 11) is 1.46. The first-order valence-corrected chi connectivity index (χ1v) is 10.8. The van der Waals surface area contributed by atoms with E-state index in [1.807, 2.05) is 42.5 Å². The fourth-order valence-electron chi connectivity index (χ4n) is 3.92. The van der Waals surface area contributed by atoms with E-state index in [-0.39, 0.29) is 12.0 Å². The topological polar surface area (TPSA) is 64.8 Å². The number of benzene rings is 2. The Labute approximate surface area is 182 Å². The van der Waals surface area contributed by atoms with Crippen molar-refractivity contribution in [3.63, 3.8) is 0 Å². The molecule has 1 aromatic heterocycles. The van der Waals surface area contributed by atoms with E-state index in [1.54, 1.807) is 6.26 Å². The number of aromatic nitrogens is 1. The van der Waals surface area contributed by atoms with Crippen LogP contribution in [0.3, 0.4) is 0 Å². The van der Waals surface area contributed by atoms with Gasteiger partial charge in [0.15, 0.2) is 0 Å². The minimum absolute atomic E-state index is 0.136. The van der Waals surface area contributed by atoms with Crippen molar-refractivity contribution >= 4 is 5.97 Å². The summed E-state index contributed by atoms with van der Waals surface area (Å²) in [4.78, 5) is 18.8. The zero-order valence-corrected chi connectivity index (χ0v) is 17.8. The molecule has 162 valence electrons. The number of esters is 1. The molecule has 1 aliphatic rings. The molecule has 1 aliphatic heterocycles. The third-order valence-electron chi connectivity index (χ3n) is 5.60. The Hall–Kier alpha value is -3.12. The van der Waals surface area contributed by atoms with Crippen LogP contribution in [0.4, 0.5) is 0 Å². The number of nitrogens with zero attached hydrogens (tertiary/aromatic N) is 2. The van der Waals surface area contributed by atoms with Crippen LogP contribution < -0.4 is 4.74 Å². The van der Waals surface area contributed by atoms with E-state index < -0.39 is 0 Å². The van der Waals surface area contributed by atoms with Crippen molar-refractivity contribution in [2.75, 3.05) is 20.3 Å². The average Bonchev–Trinajstić information content (AvgIpc) is 3.30. The number of methoxy groups -OCH3 is 1. The lowest BCUT2D eigenvalue weighted by Crippen LogP contribution is -2.44. The Morgan fingerprint density at radius 3 is 2.71 bits per heavy atom. The second kappa shape index (κ2) is 10.3. The molecular formula is C25H28N2O4. The van der Waals surface area contributed by atoms with Crippen LogP contribution in [0, 0.1) is 0 Å². The molecule has 0 radical (unpaired) electrons. The molecule has 0 bridgehead atoms. The fraction of sp³-hybridized carbons (Fsp3) is 0.360. The van der Waals surface area contributed by atoms with Crippen molar-refractivity contribution in [1.29, 1.82) is 0 Å². The first-order valence-electron chi connectivity index (χ1n) is 10.8. The average molecular weight is 421 g/mol. The normalized spacial score (nSPS) is 16.7. The van der Waals surface area contributed by atoms with Gasteiger partial charge in [0, 0.05) is 18.5 Å². The maximum absolute atomic E-state index is 12.0. The molecule has 0 N–H and O–H groups in total. The summed E-state index contributed by atoms with van der Waals surface area (Å²) in [5.41, 5.74) is 3.00. The molecule has 2 heterocycles. The molecule has 6 heteroatoms. The lowest BCUT2D eigenvalue weighted by Gasteiger charge is -2.33. The van der Waals surface area contributed by atoms with Crippen molar-refractivity contribution < 1.29 is 18.7 Å². The van der Waals surface area contributed by atoms with Crippen LogP contribution in [-0.2, 0) is 22.5 Å². The number of likely N-dealkylation sites (tertiary alicyclic amines) is 1. The Balaban J connectivity index is 1.27. The smallest absolute Gasteiger partial charge is 0.323 e. The van der Waals surface area contributed by atoms with Crippen LogP contribution in [0.25, 0.3) is 11.5 Å². The molecule has 0 spiro atoms. The summed E-state index contributed by atoms with van der Waals surface area (Å²) in [6, 6.07) is 17.8. The quantitative estimate of drug-likeness (QED) is 0.500. The number of rotatable bonds is 8. The Kier molecular flexibility index (Phi) is 6.99. The summed E-state index contributed by atoms with van der Waals surface area (Å²) in [6.07, 6.45) is 5.41. The highest BCUT2D eigenvalue weighted by Gasteiger charge is 2.29. The van der Waals surface area contributed by atoms with Crippen molar-refractivity contribution in [2.45, 2.75) is 38.3 Å². The number of carbonyl (C=O) groups is 1. The summed E-state index contributed by atoms with van der Waals surface area (Å²) in [5, 5.41) is 0. The fourth-order valence-corrected chi connectivity index (χ4v) is 3.92. The van der Waals surface area contributed by atoms with Crippen LogP contribution in [-0.4, -0.2) is 42.2 Å². The Bertz CT molecular complexity index is 969. The van der Waals surface area contributed by atoms with E-state index in [0.29, 0.717) is 18.9 Å². The minimum atomic E-state index is -0.141. The monoisotopic (exact) mass is 420 g/mol. The third-order valence-corrected chi connectivity index (χ3v) is 5.60. The number of hydrogen-bond donors (Lipinski definition) is 0. The summed E-state index contributed by atoms with van der Waals surface area (Å²) >= 11 is 0. The third kappa shape index (κ3) is 5.52. The van der Waals surface area contributed by atoms with E-state index in [2.05, 4.69) is 22.0 Å². The molecule has 2 aromatic carbocycles. The standard InChI is InChI=1S/C25H28N2O4/c1-29-25(28)23-9-5-6-15-27(23)17-19-10-12-22(13-11-19)30-16-14-21-18-31-24(26-21)20-7-3-2-4-8-20/h2-4,7-8,10-13,18,23H,5-6,9,14-17H2,1H3. The maximum Gasteiger partial charge on any atom is 0.323 e. The molecule has 0 aliphatic carbocycles. The highest BCUT2D eigenvalue weighted by Crippen LogP contribution is 2.22. The van der Waals surface area contributed by atoms with E-state index >= 15 is 0 Å². The molecule has 0 saturated carbocycles. The number of hydrogen-bond acceptors (Lipinski definition) is 6. The molecule has 1 unspecified atom stereocenters. The predicted molar refractivity (Wildman–Crippen MR) is 118 cm³/mol. The minimum Gasteiger partial charge on any atom is -0.493 e. The molecule has 31 heavy (non-hydrogen) atoms. The largest absolute Gasteiger partial charge is 0.493 e. The van der Waals surface area contributed by atoms with Crippen molar-refractivity contribution in [3.05, 3.63) is 72.1 Å². The maximum atomic E-state index is 12.0. The van der Waals surface area contributed by atoms with Crippen molar-refractivity contribution in [1.82, 2.24) is 9.88 Å². The van der Waals surface area contributed by atoms with Gasteiger partial charge in [0.05, 0.1) is 19.4 Å². The lowest BCUT2D eigenvalue weighted by molar-refractivity contribution is -0.148. The second-order valence-corrected chi connectivity index (χ2v) is 7.76. The van der Waals surface area contributed by atoms with Gasteiger partial charge in [-0.05, 0) is 49.2 Å². The van der Waals surface area contributed by atoms with Gasteiger partial charge in [-0.3, -0.25) is 9.69 Å². The highest BCUT2D eigenvalue weighted by molar-refractivity contribution is 5.75. The molecule has 3 aromatic rings. The van der Waals surface area contributed by atoms with E-state index in [9.17, 15) is 4.79 Å². The molecule has 1 saturated heterocycles. The molecule has 4 rings (SSSR count). The Morgan fingerprint density at radius 2 is 1.94 bits per heavy atom. The molecule has 6 nitrogen and oxygen atoms in total. The summed E-state index contributed by atoms with van der Waals surface area (Å²) < 4.78 is 16.4. The van der Waals surface area contributed by atoms with Gasteiger partial charge < -0.3 is 13.9 Å². The molecular weight excluding hydrogens is 392 g/mol. The zero-order chi connectivity index (χ0) is 21.5. The first kappa shape index (κ1) is 21.1. The molecule has 0 amide bonds. The van der Waals surface area contributed by atoms with Crippen LogP contribution in [0.15, 0.2) is 65.3 Å². The first-order chi connectivity index (χ1) is 15.2. The highest BCUT2D eigenvalue weighted by atomic mass is 16.5. The van der Waals surface area contributed by atoms with E-state index in [4.69, 9.17) is 13.9 Å². The van der Waals surface area contributed by atoms with Gasteiger partial charge in [-0.15, -0.1) is 0 Å². The summed E-state index contributed by atoms with van der Waals surface area (Å²) in [5.74, 6) is 1.31. The van der Waals surface area contributed by atoms with Gasteiger partial charge in [0.2, 0.25) is 5.89 Å². The van der Waals surface area contributed by atoms with Gasteiger partial charge in [0.25, 0.3) is 0 Å². The number of piperidine rings is 1. The van der Waals surface area contributed by atoms with Crippen molar-refractivity contribution in [2.24, 2.45) is 0 Å². The molecule has 1 fully saturated rings. The Morgan fingerprint density at radius 1 is 1.13 bits per heavy atom. The van der Waals surface area contributed by atoms with Gasteiger partial charge in [-0.1, -0.05) is 36.8 Å². The van der Waals surface area contributed by atoms with Gasteiger partial charge in [-0.2, -0.15) is 0 Å². The van der Waals surface area contributed by atoms with Crippen LogP contribution in [0.1, 0.15) is 30.5 Å². The molecule has 1 atom stereocenters. The van der Waals surface area contributed by atoms with Crippen molar-refractivity contribution in [3.8, 4) is 17.2 Å². The van der Waals surface area contributed by atoms with Gasteiger partial charge in [0.1, 0.15) is 18.1 Å². The van der Waals surface area contributed by atoms with Crippen LogP contribution in [0.5, 0.6) is 5.75 Å².